The lowest BCUT2D eigenvalue weighted by atomic mass is 10.5. The van der Waals surface area contributed by atoms with Crippen molar-refractivity contribution in [1.29, 1.82) is 0 Å². The van der Waals surface area contributed by atoms with Crippen LogP contribution >= 0.6 is 0 Å². The second kappa shape index (κ2) is 10.2. The predicted molar refractivity (Wildman–Crippen MR) is 72.0 cm³/mol. The molecule has 0 bridgehead atoms. The van der Waals surface area contributed by atoms with Gasteiger partial charge in [-0.25, -0.2) is 4.98 Å². The van der Waals surface area contributed by atoms with E-state index < -0.39 is 0 Å². The van der Waals surface area contributed by atoms with E-state index in [2.05, 4.69) is 9.97 Å². The summed E-state index contributed by atoms with van der Waals surface area (Å²) in [4.78, 5) is 7.75. The molecule has 114 valence electrons. The number of hydrogen-bond acceptors (Lipinski definition) is 8. The van der Waals surface area contributed by atoms with Gasteiger partial charge in [0.25, 0.3) is 5.88 Å². The molecule has 0 radical (unpaired) electrons. The molecule has 0 aliphatic carbocycles. The molecular weight excluding hydrogens is 266 g/mol. The van der Waals surface area contributed by atoms with Crippen LogP contribution in [0.25, 0.3) is 0 Å². The van der Waals surface area contributed by atoms with E-state index >= 15 is 0 Å². The minimum atomic E-state index is 0.241. The van der Waals surface area contributed by atoms with E-state index in [0.29, 0.717) is 51.3 Å². The van der Waals surface area contributed by atoms with Gasteiger partial charge in [0.05, 0.1) is 40.1 Å². The fourth-order valence-electron chi connectivity index (χ4n) is 1.33. The van der Waals surface area contributed by atoms with Crippen LogP contribution in [0.3, 0.4) is 0 Å². The molecule has 1 heterocycles. The highest BCUT2D eigenvalue weighted by Crippen LogP contribution is 2.28. The van der Waals surface area contributed by atoms with Crippen molar-refractivity contribution in [3.8, 4) is 11.6 Å². The van der Waals surface area contributed by atoms with Crippen LogP contribution < -0.4 is 15.2 Å². The lowest BCUT2D eigenvalue weighted by Crippen LogP contribution is -2.13. The van der Waals surface area contributed by atoms with E-state index in [-0.39, 0.29) is 5.82 Å². The van der Waals surface area contributed by atoms with E-state index in [0.717, 1.165) is 0 Å². The zero-order valence-electron chi connectivity index (χ0n) is 11.8. The summed E-state index contributed by atoms with van der Waals surface area (Å²) in [5.41, 5.74) is 5.63. The molecule has 1 rings (SSSR count). The predicted octanol–water partition coefficient (Wildman–Crippen LogP) is 0.126. The molecule has 0 aromatic carbocycles. The van der Waals surface area contributed by atoms with E-state index in [1.54, 1.807) is 7.11 Å². The number of nitrogens with zero attached hydrogens (tertiary/aromatic N) is 2. The number of ether oxygens (including phenoxy) is 5. The van der Waals surface area contributed by atoms with Crippen molar-refractivity contribution in [2.24, 2.45) is 0 Å². The van der Waals surface area contributed by atoms with Crippen molar-refractivity contribution in [2.75, 3.05) is 59.6 Å². The lowest BCUT2D eigenvalue weighted by Gasteiger charge is -2.10. The molecule has 0 spiro atoms. The summed E-state index contributed by atoms with van der Waals surface area (Å²) in [5.74, 6) is 0.875. The summed E-state index contributed by atoms with van der Waals surface area (Å²) in [6.45, 7) is 2.92. The monoisotopic (exact) mass is 287 g/mol. The van der Waals surface area contributed by atoms with Gasteiger partial charge in [-0.2, -0.15) is 4.98 Å². The van der Waals surface area contributed by atoms with Gasteiger partial charge in [-0.05, 0) is 0 Å². The van der Waals surface area contributed by atoms with Crippen LogP contribution in [0.15, 0.2) is 6.33 Å². The number of rotatable bonds is 11. The van der Waals surface area contributed by atoms with Crippen molar-refractivity contribution in [3.05, 3.63) is 6.33 Å². The fraction of sp³-hybridized carbons (Fsp3) is 0.667. The Morgan fingerprint density at radius 3 is 2.25 bits per heavy atom. The van der Waals surface area contributed by atoms with Gasteiger partial charge >= 0.3 is 0 Å². The number of anilines is 1. The average Bonchev–Trinajstić information content (AvgIpc) is 2.45. The third-order valence-corrected chi connectivity index (χ3v) is 2.27. The van der Waals surface area contributed by atoms with Gasteiger partial charge in [-0.15, -0.1) is 0 Å². The first-order valence-electron chi connectivity index (χ1n) is 6.21. The van der Waals surface area contributed by atoms with Crippen LogP contribution in [-0.2, 0) is 14.2 Å². The van der Waals surface area contributed by atoms with Crippen molar-refractivity contribution in [3.63, 3.8) is 0 Å². The Balaban J connectivity index is 2.11. The van der Waals surface area contributed by atoms with Crippen molar-refractivity contribution in [2.45, 2.75) is 0 Å². The zero-order chi connectivity index (χ0) is 14.6. The number of aromatic nitrogens is 2. The van der Waals surface area contributed by atoms with Gasteiger partial charge in [0, 0.05) is 7.11 Å². The molecule has 1 aromatic heterocycles. The summed E-state index contributed by atoms with van der Waals surface area (Å²) in [7, 11) is 3.11. The zero-order valence-corrected chi connectivity index (χ0v) is 11.8. The maximum absolute atomic E-state index is 5.63. The highest BCUT2D eigenvalue weighted by atomic mass is 16.6. The average molecular weight is 287 g/mol. The summed E-state index contributed by atoms with van der Waals surface area (Å²) in [5, 5.41) is 0. The molecule has 0 saturated carbocycles. The Morgan fingerprint density at radius 1 is 0.950 bits per heavy atom. The van der Waals surface area contributed by atoms with Crippen LogP contribution in [0.4, 0.5) is 5.82 Å². The van der Waals surface area contributed by atoms with E-state index in [4.69, 9.17) is 29.4 Å². The molecule has 0 fully saturated rings. The Kier molecular flexibility index (Phi) is 8.36. The number of nitrogens with two attached hydrogens (primary N) is 1. The molecule has 2 N–H and O–H groups in total. The number of hydrogen-bond donors (Lipinski definition) is 1. The molecule has 8 heteroatoms. The molecule has 0 amide bonds. The number of nitrogen functional groups attached to an aromatic ring is 1. The first kappa shape index (κ1) is 16.4. The highest BCUT2D eigenvalue weighted by Gasteiger charge is 2.10. The Bertz CT molecular complexity index is 378. The maximum atomic E-state index is 5.63. The highest BCUT2D eigenvalue weighted by molar-refractivity contribution is 5.51. The normalized spacial score (nSPS) is 10.5. The third kappa shape index (κ3) is 6.00. The molecule has 20 heavy (non-hydrogen) atoms. The van der Waals surface area contributed by atoms with E-state index in [9.17, 15) is 0 Å². The summed E-state index contributed by atoms with van der Waals surface area (Å²) in [6.07, 6.45) is 1.32. The third-order valence-electron chi connectivity index (χ3n) is 2.27. The van der Waals surface area contributed by atoms with Gasteiger partial charge in [-0.3, -0.25) is 0 Å². The Labute approximate surface area is 118 Å². The van der Waals surface area contributed by atoms with E-state index in [1.165, 1.54) is 13.4 Å². The van der Waals surface area contributed by atoms with Gasteiger partial charge in [0.15, 0.2) is 5.82 Å². The van der Waals surface area contributed by atoms with Crippen LogP contribution in [-0.4, -0.2) is 63.8 Å². The molecule has 0 atom stereocenters. The van der Waals surface area contributed by atoms with Gasteiger partial charge in [0.1, 0.15) is 12.9 Å². The summed E-state index contributed by atoms with van der Waals surface area (Å²) >= 11 is 0. The summed E-state index contributed by atoms with van der Waals surface area (Å²) in [6, 6.07) is 0. The topological polar surface area (TPSA) is 98.0 Å². The molecule has 0 aliphatic rings. The second-order valence-electron chi connectivity index (χ2n) is 3.66. The summed E-state index contributed by atoms with van der Waals surface area (Å²) < 4.78 is 25.9. The smallest absolute Gasteiger partial charge is 0.262 e. The first-order valence-corrected chi connectivity index (χ1v) is 6.21. The first-order chi connectivity index (χ1) is 9.79. The van der Waals surface area contributed by atoms with Crippen molar-refractivity contribution >= 4 is 5.82 Å². The lowest BCUT2D eigenvalue weighted by molar-refractivity contribution is 0.0174. The largest absolute Gasteiger partial charge is 0.489 e. The fourth-order valence-corrected chi connectivity index (χ4v) is 1.33. The van der Waals surface area contributed by atoms with Gasteiger partial charge in [0.2, 0.25) is 5.75 Å². The quantitative estimate of drug-likeness (QED) is 0.573. The molecular formula is C12H21N3O5. The molecule has 1 aromatic rings. The van der Waals surface area contributed by atoms with Gasteiger partial charge < -0.3 is 29.4 Å². The van der Waals surface area contributed by atoms with Gasteiger partial charge in [-0.1, -0.05) is 0 Å². The maximum Gasteiger partial charge on any atom is 0.262 e. The Morgan fingerprint density at radius 2 is 1.60 bits per heavy atom. The van der Waals surface area contributed by atoms with Crippen molar-refractivity contribution < 1.29 is 23.7 Å². The minimum Gasteiger partial charge on any atom is -0.489 e. The SMILES string of the molecule is COCCOCCOCCOc1ncnc(N)c1OC. The second-order valence-corrected chi connectivity index (χ2v) is 3.66. The Hall–Kier alpha value is -1.64. The minimum absolute atomic E-state index is 0.241. The van der Waals surface area contributed by atoms with Crippen LogP contribution in [0.1, 0.15) is 0 Å². The molecule has 0 saturated heterocycles. The van der Waals surface area contributed by atoms with Crippen LogP contribution in [0.2, 0.25) is 0 Å². The number of methoxy groups -OCH3 is 2. The molecule has 0 aliphatic heterocycles. The standard InChI is InChI=1S/C12H21N3O5/c1-16-3-4-18-5-6-19-7-8-20-12-10(17-2)11(13)14-9-15-12/h9H,3-8H2,1-2H3,(H2,13,14,15). The van der Waals surface area contributed by atoms with Crippen LogP contribution in [0.5, 0.6) is 11.6 Å². The van der Waals surface area contributed by atoms with Crippen molar-refractivity contribution in [1.82, 2.24) is 9.97 Å². The van der Waals surface area contributed by atoms with Crippen LogP contribution in [0, 0.1) is 0 Å². The van der Waals surface area contributed by atoms with E-state index in [1.807, 2.05) is 0 Å². The molecule has 0 unspecified atom stereocenters. The molecule has 8 nitrogen and oxygen atoms in total.